The summed E-state index contributed by atoms with van der Waals surface area (Å²) in [4.78, 5) is 18.8. The molecule has 1 aliphatic heterocycles. The zero-order valence-corrected chi connectivity index (χ0v) is 16.2. The first-order chi connectivity index (χ1) is 10.8. The van der Waals surface area contributed by atoms with Gasteiger partial charge in [-0.1, -0.05) is 29.8 Å². The molecule has 24 heavy (non-hydrogen) atoms. The topological polar surface area (TPSA) is 45.2 Å². The third-order valence-corrected chi connectivity index (χ3v) is 4.89. The molecule has 3 rings (SSSR count). The molecule has 1 saturated heterocycles. The predicted molar refractivity (Wildman–Crippen MR) is 104 cm³/mol. The van der Waals surface area contributed by atoms with Crippen molar-refractivity contribution in [1.82, 2.24) is 15.2 Å². The Labute approximate surface area is 163 Å². The van der Waals surface area contributed by atoms with Crippen LogP contribution < -0.4 is 5.32 Å². The van der Waals surface area contributed by atoms with E-state index in [2.05, 4.69) is 10.3 Å². The lowest BCUT2D eigenvalue weighted by atomic mass is 10.0. The molecule has 1 aliphatic rings. The molecule has 1 atom stereocenters. The van der Waals surface area contributed by atoms with Gasteiger partial charge in [0, 0.05) is 36.5 Å². The summed E-state index contributed by atoms with van der Waals surface area (Å²) in [7, 11) is 0. The molecule has 1 fully saturated rings. The van der Waals surface area contributed by atoms with Crippen LogP contribution in [0.3, 0.4) is 0 Å². The molecule has 2 aromatic rings. The van der Waals surface area contributed by atoms with Gasteiger partial charge in [0.2, 0.25) is 5.91 Å². The van der Waals surface area contributed by atoms with Crippen LogP contribution in [0.4, 0.5) is 0 Å². The first-order valence-electron chi connectivity index (χ1n) is 7.37. The van der Waals surface area contributed by atoms with E-state index in [1.54, 1.807) is 16.8 Å². The molecule has 2 heterocycles. The van der Waals surface area contributed by atoms with Crippen LogP contribution in [0.15, 0.2) is 35.2 Å². The summed E-state index contributed by atoms with van der Waals surface area (Å²) in [5.74, 6) is 0.166. The van der Waals surface area contributed by atoms with E-state index in [4.69, 9.17) is 11.6 Å². The van der Waals surface area contributed by atoms with E-state index in [1.165, 1.54) is 0 Å². The maximum absolute atomic E-state index is 12.6. The monoisotopic (exact) mass is 407 g/mol. The summed E-state index contributed by atoms with van der Waals surface area (Å²) in [6, 6.07) is 7.76. The summed E-state index contributed by atoms with van der Waals surface area (Å²) >= 11 is 7.87. The van der Waals surface area contributed by atoms with Crippen LogP contribution in [0.25, 0.3) is 0 Å². The Bertz CT molecular complexity index is 639. The molecule has 0 bridgehead atoms. The zero-order valence-electron chi connectivity index (χ0n) is 13.0. The van der Waals surface area contributed by atoms with Crippen LogP contribution >= 0.6 is 47.8 Å². The third kappa shape index (κ3) is 5.07. The Morgan fingerprint density at radius 1 is 1.38 bits per heavy atom. The number of benzene rings is 1. The van der Waals surface area contributed by atoms with Crippen LogP contribution in [0.5, 0.6) is 0 Å². The molecule has 0 aliphatic carbocycles. The summed E-state index contributed by atoms with van der Waals surface area (Å²) in [6.45, 7) is 2.28. The minimum atomic E-state index is 0. The Balaban J connectivity index is 0.00000144. The lowest BCUT2D eigenvalue weighted by molar-refractivity contribution is -0.134. The molecule has 1 amide bonds. The highest BCUT2D eigenvalue weighted by Crippen LogP contribution is 2.29. The molecule has 4 nitrogen and oxygen atoms in total. The molecule has 0 radical (unpaired) electrons. The Morgan fingerprint density at radius 3 is 2.88 bits per heavy atom. The lowest BCUT2D eigenvalue weighted by Crippen LogP contribution is -2.48. The summed E-state index contributed by atoms with van der Waals surface area (Å²) in [5.41, 5.74) is 3.80. The van der Waals surface area contributed by atoms with Gasteiger partial charge in [-0.3, -0.25) is 4.79 Å². The van der Waals surface area contributed by atoms with Gasteiger partial charge in [-0.05, 0) is 18.1 Å². The van der Waals surface area contributed by atoms with Crippen molar-refractivity contribution in [3.05, 3.63) is 51.4 Å². The van der Waals surface area contributed by atoms with Crippen molar-refractivity contribution in [2.75, 3.05) is 19.6 Å². The van der Waals surface area contributed by atoms with Crippen LogP contribution in [-0.2, 0) is 11.2 Å². The van der Waals surface area contributed by atoms with Crippen LogP contribution in [0.2, 0.25) is 5.02 Å². The second kappa shape index (κ2) is 10.2. The number of nitrogens with zero attached hydrogens (tertiary/aromatic N) is 2. The van der Waals surface area contributed by atoms with Crippen molar-refractivity contribution in [3.8, 4) is 0 Å². The number of aryl methyl sites for hydroxylation is 1. The maximum Gasteiger partial charge on any atom is 0.223 e. The summed E-state index contributed by atoms with van der Waals surface area (Å²) in [6.07, 6.45) is 1.19. The Morgan fingerprint density at radius 2 is 2.17 bits per heavy atom. The molecular weight excluding hydrogens is 389 g/mol. The number of carbonyl (C=O) groups excluding carboxylic acids is 1. The smallest absolute Gasteiger partial charge is 0.223 e. The highest BCUT2D eigenvalue weighted by atomic mass is 35.5. The molecule has 1 unspecified atom stereocenters. The van der Waals surface area contributed by atoms with Crippen LogP contribution in [0, 0.1) is 0 Å². The average Bonchev–Trinajstić information content (AvgIpc) is 3.06. The summed E-state index contributed by atoms with van der Waals surface area (Å²) < 4.78 is 0. The fraction of sp³-hybridized carbons (Fsp3) is 0.375. The number of hydrogen-bond acceptors (Lipinski definition) is 4. The number of aromatic nitrogens is 1. The number of halogens is 3. The number of nitrogens with one attached hydrogen (secondary N) is 1. The van der Waals surface area contributed by atoms with Gasteiger partial charge in [0.1, 0.15) is 0 Å². The quantitative estimate of drug-likeness (QED) is 0.838. The van der Waals surface area contributed by atoms with Crippen LogP contribution in [0.1, 0.15) is 23.7 Å². The molecule has 132 valence electrons. The molecule has 8 heteroatoms. The van der Waals surface area contributed by atoms with Crippen molar-refractivity contribution < 1.29 is 4.79 Å². The van der Waals surface area contributed by atoms with E-state index in [-0.39, 0.29) is 36.8 Å². The maximum atomic E-state index is 12.6. The molecule has 0 saturated carbocycles. The number of hydrogen-bond donors (Lipinski definition) is 1. The Hall–Kier alpha value is -0.850. The van der Waals surface area contributed by atoms with Gasteiger partial charge < -0.3 is 10.2 Å². The minimum absolute atomic E-state index is 0. The van der Waals surface area contributed by atoms with E-state index in [0.29, 0.717) is 24.4 Å². The molecule has 1 aromatic heterocycles. The second-order valence-corrected chi connectivity index (χ2v) is 6.43. The van der Waals surface area contributed by atoms with Gasteiger partial charge in [-0.2, -0.15) is 0 Å². The van der Waals surface area contributed by atoms with E-state index >= 15 is 0 Å². The number of piperazine rings is 1. The summed E-state index contributed by atoms with van der Waals surface area (Å²) in [5, 5.41) is 6.06. The highest BCUT2D eigenvalue weighted by molar-refractivity contribution is 7.07. The van der Waals surface area contributed by atoms with Gasteiger partial charge in [0.15, 0.2) is 0 Å². The van der Waals surface area contributed by atoms with Crippen molar-refractivity contribution in [2.45, 2.75) is 18.9 Å². The standard InChI is InChI=1S/C16H18ClN3OS.2ClH/c17-14-4-2-1-3-13(14)15-9-18-7-8-20(15)16(21)6-5-12-10-22-11-19-12;;/h1-4,10-11,15,18H,5-9H2;2*1H. The fourth-order valence-electron chi connectivity index (χ4n) is 2.77. The van der Waals surface area contributed by atoms with Gasteiger partial charge >= 0.3 is 0 Å². The normalized spacial score (nSPS) is 16.9. The first-order valence-corrected chi connectivity index (χ1v) is 8.69. The zero-order chi connectivity index (χ0) is 15.4. The van der Waals surface area contributed by atoms with E-state index in [1.807, 2.05) is 34.5 Å². The van der Waals surface area contributed by atoms with Crippen molar-refractivity contribution >= 4 is 53.7 Å². The molecule has 1 N–H and O–H groups in total. The van der Waals surface area contributed by atoms with Gasteiger partial charge in [-0.25, -0.2) is 4.98 Å². The van der Waals surface area contributed by atoms with Gasteiger partial charge in [0.05, 0.1) is 17.2 Å². The largest absolute Gasteiger partial charge is 0.333 e. The van der Waals surface area contributed by atoms with Crippen molar-refractivity contribution in [3.63, 3.8) is 0 Å². The number of thiazole rings is 1. The van der Waals surface area contributed by atoms with Gasteiger partial charge in [-0.15, -0.1) is 36.2 Å². The molecule has 0 spiro atoms. The van der Waals surface area contributed by atoms with E-state index < -0.39 is 0 Å². The van der Waals surface area contributed by atoms with E-state index in [9.17, 15) is 4.79 Å². The SMILES string of the molecule is Cl.Cl.O=C(CCc1cscn1)N1CCNCC1c1ccccc1Cl. The third-order valence-electron chi connectivity index (χ3n) is 3.91. The number of rotatable bonds is 4. The van der Waals surface area contributed by atoms with Crippen molar-refractivity contribution in [1.29, 1.82) is 0 Å². The van der Waals surface area contributed by atoms with E-state index in [0.717, 1.165) is 24.3 Å². The predicted octanol–water partition coefficient (Wildman–Crippen LogP) is 3.75. The first kappa shape index (κ1) is 21.2. The lowest BCUT2D eigenvalue weighted by Gasteiger charge is -2.37. The molecular formula is C16H20Cl3N3OS. The number of carbonyl (C=O) groups is 1. The number of amides is 1. The second-order valence-electron chi connectivity index (χ2n) is 5.31. The average molecular weight is 409 g/mol. The fourth-order valence-corrected chi connectivity index (χ4v) is 3.62. The minimum Gasteiger partial charge on any atom is -0.333 e. The Kier molecular flexibility index (Phi) is 9.02. The van der Waals surface area contributed by atoms with Gasteiger partial charge in [0.25, 0.3) is 0 Å². The van der Waals surface area contributed by atoms with Crippen LogP contribution in [-0.4, -0.2) is 35.4 Å². The highest BCUT2D eigenvalue weighted by Gasteiger charge is 2.28. The van der Waals surface area contributed by atoms with Crippen molar-refractivity contribution in [2.24, 2.45) is 0 Å². The molecule has 1 aromatic carbocycles.